The molecule has 0 atom stereocenters. The summed E-state index contributed by atoms with van der Waals surface area (Å²) in [7, 11) is -3.54. The van der Waals surface area contributed by atoms with Gasteiger partial charge < -0.3 is 5.32 Å². The van der Waals surface area contributed by atoms with Gasteiger partial charge in [-0.25, -0.2) is 13.1 Å². The van der Waals surface area contributed by atoms with Crippen LogP contribution in [0, 0.1) is 5.41 Å². The maximum atomic E-state index is 12.1. The van der Waals surface area contributed by atoms with Crippen LogP contribution in [-0.4, -0.2) is 33.0 Å². The summed E-state index contributed by atoms with van der Waals surface area (Å²) < 4.78 is 26.9. The van der Waals surface area contributed by atoms with Crippen molar-refractivity contribution in [3.8, 4) is 0 Å². The Morgan fingerprint density at radius 2 is 2.11 bits per heavy atom. The highest BCUT2D eigenvalue weighted by molar-refractivity contribution is 7.89. The number of halogens is 1. The van der Waals surface area contributed by atoms with Crippen LogP contribution in [0.2, 0.25) is 5.02 Å². The van der Waals surface area contributed by atoms with Gasteiger partial charge in [-0.15, -0.1) is 0 Å². The van der Waals surface area contributed by atoms with Gasteiger partial charge in [0, 0.05) is 18.9 Å². The van der Waals surface area contributed by atoms with Crippen molar-refractivity contribution < 1.29 is 8.42 Å². The summed E-state index contributed by atoms with van der Waals surface area (Å²) >= 11 is 5.76. The maximum absolute atomic E-state index is 12.1. The molecule has 2 N–H and O–H groups in total. The topological polar surface area (TPSA) is 71.1 Å². The maximum Gasteiger partial charge on any atom is 0.242 e. The smallest absolute Gasteiger partial charge is 0.242 e. The van der Waals surface area contributed by atoms with Crippen molar-refractivity contribution in [2.75, 3.05) is 19.6 Å². The lowest BCUT2D eigenvalue weighted by atomic mass is 9.81. The van der Waals surface area contributed by atoms with Crippen molar-refractivity contribution in [2.24, 2.45) is 5.41 Å². The molecule has 0 aliphatic carbocycles. The standard InChI is InChI=1S/C12H18ClN3O2S/c1-12(2-4-14-5-3-12)9-16-19(17,18)11-6-10(13)7-15-8-11/h6-8,14,16H,2-5,9H2,1H3. The third-order valence-corrected chi connectivity index (χ3v) is 5.06. The summed E-state index contributed by atoms with van der Waals surface area (Å²) in [4.78, 5) is 3.91. The molecule has 0 unspecified atom stereocenters. The molecule has 0 saturated carbocycles. The predicted molar refractivity (Wildman–Crippen MR) is 74.6 cm³/mol. The Balaban J connectivity index is 2.05. The van der Waals surface area contributed by atoms with E-state index in [9.17, 15) is 8.42 Å². The van der Waals surface area contributed by atoms with Gasteiger partial charge in [-0.2, -0.15) is 0 Å². The predicted octanol–water partition coefficient (Wildman–Crippen LogP) is 1.40. The molecule has 7 heteroatoms. The average Bonchev–Trinajstić information content (AvgIpc) is 2.38. The minimum absolute atomic E-state index is 0.00429. The van der Waals surface area contributed by atoms with Gasteiger partial charge >= 0.3 is 0 Å². The van der Waals surface area contributed by atoms with E-state index in [1.54, 1.807) is 0 Å². The van der Waals surface area contributed by atoms with Crippen LogP contribution in [0.15, 0.2) is 23.4 Å². The number of hydrogen-bond donors (Lipinski definition) is 2. The molecule has 0 radical (unpaired) electrons. The second-order valence-corrected chi connectivity index (χ2v) is 7.43. The van der Waals surface area contributed by atoms with Crippen molar-refractivity contribution >= 4 is 21.6 Å². The molecule has 2 heterocycles. The monoisotopic (exact) mass is 303 g/mol. The molecule has 1 aliphatic heterocycles. The first-order valence-corrected chi connectivity index (χ1v) is 8.08. The number of aromatic nitrogens is 1. The number of hydrogen-bond acceptors (Lipinski definition) is 4. The molecule has 0 bridgehead atoms. The number of sulfonamides is 1. The zero-order valence-corrected chi connectivity index (χ0v) is 12.4. The van der Waals surface area contributed by atoms with E-state index in [2.05, 4.69) is 21.9 Å². The van der Waals surface area contributed by atoms with E-state index in [0.29, 0.717) is 11.6 Å². The third kappa shape index (κ3) is 3.89. The van der Waals surface area contributed by atoms with Gasteiger partial charge in [0.1, 0.15) is 4.90 Å². The van der Waals surface area contributed by atoms with E-state index in [4.69, 9.17) is 11.6 Å². The van der Waals surface area contributed by atoms with Gasteiger partial charge in [0.15, 0.2) is 0 Å². The van der Waals surface area contributed by atoms with Crippen LogP contribution in [0.4, 0.5) is 0 Å². The number of pyridine rings is 1. The summed E-state index contributed by atoms with van der Waals surface area (Å²) in [5.74, 6) is 0. The third-order valence-electron chi connectivity index (χ3n) is 3.49. The molecule has 19 heavy (non-hydrogen) atoms. The highest BCUT2D eigenvalue weighted by atomic mass is 35.5. The molecule has 1 aromatic heterocycles. The van der Waals surface area contributed by atoms with Crippen LogP contribution in [-0.2, 0) is 10.0 Å². The van der Waals surface area contributed by atoms with Crippen molar-refractivity contribution in [1.29, 1.82) is 0 Å². The Labute approximate surface area is 118 Å². The van der Waals surface area contributed by atoms with E-state index in [0.717, 1.165) is 25.9 Å². The number of nitrogens with zero attached hydrogens (tertiary/aromatic N) is 1. The summed E-state index contributed by atoms with van der Waals surface area (Å²) in [6.07, 6.45) is 4.64. The van der Waals surface area contributed by atoms with Gasteiger partial charge in [0.05, 0.1) is 5.02 Å². The Hall–Kier alpha value is -0.690. The number of rotatable bonds is 4. The number of piperidine rings is 1. The molecule has 0 spiro atoms. The van der Waals surface area contributed by atoms with Gasteiger partial charge in [0.2, 0.25) is 10.0 Å². The molecule has 1 fully saturated rings. The Bertz CT molecular complexity index is 542. The quantitative estimate of drug-likeness (QED) is 0.882. The fourth-order valence-electron chi connectivity index (χ4n) is 2.10. The molecule has 1 saturated heterocycles. The summed E-state index contributed by atoms with van der Waals surface area (Å²) in [6, 6.07) is 1.40. The summed E-state index contributed by atoms with van der Waals surface area (Å²) in [5, 5.41) is 3.59. The van der Waals surface area contributed by atoms with Crippen molar-refractivity contribution in [3.05, 3.63) is 23.5 Å². The molecular weight excluding hydrogens is 286 g/mol. The summed E-state index contributed by atoms with van der Waals surface area (Å²) in [6.45, 7) is 4.39. The molecule has 0 amide bonds. The fraction of sp³-hybridized carbons (Fsp3) is 0.583. The first kappa shape index (κ1) is 14.7. The van der Waals surface area contributed by atoms with E-state index >= 15 is 0 Å². The first-order chi connectivity index (χ1) is 8.91. The van der Waals surface area contributed by atoms with E-state index in [1.165, 1.54) is 18.5 Å². The van der Waals surface area contributed by atoms with Crippen molar-refractivity contribution in [1.82, 2.24) is 15.0 Å². The van der Waals surface area contributed by atoms with Gasteiger partial charge in [0.25, 0.3) is 0 Å². The zero-order chi connectivity index (χ0) is 13.9. The van der Waals surface area contributed by atoms with Gasteiger partial charge in [-0.05, 0) is 37.4 Å². The number of nitrogens with one attached hydrogen (secondary N) is 2. The molecule has 5 nitrogen and oxygen atoms in total. The van der Waals surface area contributed by atoms with E-state index < -0.39 is 10.0 Å². The van der Waals surface area contributed by atoms with Crippen LogP contribution in [0.3, 0.4) is 0 Å². The van der Waals surface area contributed by atoms with Crippen LogP contribution in [0.1, 0.15) is 19.8 Å². The lowest BCUT2D eigenvalue weighted by molar-refractivity contribution is 0.232. The van der Waals surface area contributed by atoms with Crippen LogP contribution >= 0.6 is 11.6 Å². The molecular formula is C12H18ClN3O2S. The lowest BCUT2D eigenvalue weighted by Gasteiger charge is -2.34. The Morgan fingerprint density at radius 3 is 2.74 bits per heavy atom. The van der Waals surface area contributed by atoms with Gasteiger partial charge in [-0.1, -0.05) is 18.5 Å². The largest absolute Gasteiger partial charge is 0.317 e. The fourth-order valence-corrected chi connectivity index (χ4v) is 3.52. The van der Waals surface area contributed by atoms with Crippen LogP contribution in [0.25, 0.3) is 0 Å². The van der Waals surface area contributed by atoms with Crippen molar-refractivity contribution in [3.63, 3.8) is 0 Å². The van der Waals surface area contributed by atoms with E-state index in [-0.39, 0.29) is 10.3 Å². The molecule has 0 aromatic carbocycles. The molecule has 1 aromatic rings. The molecule has 2 rings (SSSR count). The van der Waals surface area contributed by atoms with Crippen LogP contribution in [0.5, 0.6) is 0 Å². The zero-order valence-electron chi connectivity index (χ0n) is 10.8. The van der Waals surface area contributed by atoms with Crippen LogP contribution < -0.4 is 10.0 Å². The molecule has 106 valence electrons. The van der Waals surface area contributed by atoms with Gasteiger partial charge in [-0.3, -0.25) is 4.98 Å². The normalized spacial score (nSPS) is 19.3. The minimum atomic E-state index is -3.54. The summed E-state index contributed by atoms with van der Waals surface area (Å²) in [5.41, 5.74) is 0.00429. The average molecular weight is 304 g/mol. The van der Waals surface area contributed by atoms with E-state index in [1.807, 2.05) is 0 Å². The first-order valence-electron chi connectivity index (χ1n) is 6.22. The second-order valence-electron chi connectivity index (χ2n) is 5.22. The molecule has 1 aliphatic rings. The Kier molecular flexibility index (Phi) is 4.45. The Morgan fingerprint density at radius 1 is 1.42 bits per heavy atom. The highest BCUT2D eigenvalue weighted by Crippen LogP contribution is 2.27. The SMILES string of the molecule is CC1(CNS(=O)(=O)c2cncc(Cl)c2)CCNCC1. The lowest BCUT2D eigenvalue weighted by Crippen LogP contribution is -2.42. The second kappa shape index (κ2) is 5.75. The van der Waals surface area contributed by atoms with Crippen molar-refractivity contribution in [2.45, 2.75) is 24.7 Å². The minimum Gasteiger partial charge on any atom is -0.317 e. The highest BCUT2D eigenvalue weighted by Gasteiger charge is 2.28.